The summed E-state index contributed by atoms with van der Waals surface area (Å²) in [6, 6.07) is 7.96. The van der Waals surface area contributed by atoms with Gasteiger partial charge in [-0.3, -0.25) is 0 Å². The van der Waals surface area contributed by atoms with Crippen molar-refractivity contribution in [3.8, 4) is 0 Å². The van der Waals surface area contributed by atoms with Gasteiger partial charge in [0.2, 0.25) is 0 Å². The average molecular weight is 254 g/mol. The number of hydrogen-bond acceptors (Lipinski definition) is 1. The molecule has 1 aliphatic heterocycles. The van der Waals surface area contributed by atoms with E-state index in [-0.39, 0.29) is 20.8 Å². The van der Waals surface area contributed by atoms with E-state index >= 15 is 0 Å². The zero-order chi connectivity index (χ0) is 10.3. The molecule has 0 amide bonds. The first-order valence-corrected chi connectivity index (χ1v) is 7.24. The third kappa shape index (κ3) is 1.38. The fourth-order valence-electron chi connectivity index (χ4n) is 2.07. The van der Waals surface area contributed by atoms with Crippen LogP contribution in [0.15, 0.2) is 46.4 Å². The molecule has 1 aromatic rings. The van der Waals surface area contributed by atoms with E-state index < -0.39 is 0 Å². The van der Waals surface area contributed by atoms with Crippen molar-refractivity contribution in [1.82, 2.24) is 0 Å². The predicted octanol–water partition coefficient (Wildman–Crippen LogP) is 1.76. The molecule has 0 saturated heterocycles. The number of carbonyl (C=O) groups is 1. The summed E-state index contributed by atoms with van der Waals surface area (Å²) in [7, 11) is 0. The van der Waals surface area contributed by atoms with Crippen molar-refractivity contribution in [3.63, 3.8) is 0 Å². The van der Waals surface area contributed by atoms with E-state index in [4.69, 9.17) is 0 Å². The molecule has 2 aliphatic rings. The minimum atomic E-state index is -0.329. The molecule has 0 aromatic heterocycles. The number of Topliss-reactive ketones (excluding diaryl/α,β-unsaturated/α-hetero) is 1. The summed E-state index contributed by atoms with van der Waals surface area (Å²) in [4.78, 5) is 14.3. The standard InChI is InChI=1S/C13H9GeO/c15-13-11-6-2-1-4-9(11)8-10-5-3-7-14-12(10)13/h1-7H,8H2. The number of hydrogen-bond donors (Lipinski definition) is 0. The average Bonchev–Trinajstić information content (AvgIpc) is 2.30. The zero-order valence-corrected chi connectivity index (χ0v) is 10.3. The Morgan fingerprint density at radius 1 is 1.20 bits per heavy atom. The van der Waals surface area contributed by atoms with Crippen LogP contribution in [0, 0.1) is 0 Å². The first-order valence-electron chi connectivity index (χ1n) is 4.98. The molecule has 0 spiro atoms. The van der Waals surface area contributed by atoms with Gasteiger partial charge in [-0.25, -0.2) is 0 Å². The van der Waals surface area contributed by atoms with Crippen LogP contribution in [0.25, 0.3) is 0 Å². The first-order chi connectivity index (χ1) is 7.36. The number of allylic oxidation sites excluding steroid dienone is 4. The molecule has 0 bridgehead atoms. The van der Waals surface area contributed by atoms with Crippen molar-refractivity contribution in [2.75, 3.05) is 0 Å². The van der Waals surface area contributed by atoms with Crippen molar-refractivity contribution in [2.45, 2.75) is 6.42 Å². The van der Waals surface area contributed by atoms with E-state index in [2.05, 4.69) is 23.1 Å². The van der Waals surface area contributed by atoms with Crippen LogP contribution in [0.1, 0.15) is 15.9 Å². The molecule has 1 aliphatic carbocycles. The number of ketones is 1. The summed E-state index contributed by atoms with van der Waals surface area (Å²) in [5.74, 6) is 0.271. The summed E-state index contributed by atoms with van der Waals surface area (Å²) < 4.78 is 1.11. The van der Waals surface area contributed by atoms with Crippen molar-refractivity contribution in [1.29, 1.82) is 0 Å². The Hall–Kier alpha value is -1.22. The molecule has 15 heavy (non-hydrogen) atoms. The fraction of sp³-hybridized carbons (Fsp3) is 0.0769. The minimum absolute atomic E-state index is 0.271. The van der Waals surface area contributed by atoms with Crippen LogP contribution in [-0.2, 0) is 6.42 Å². The maximum absolute atomic E-state index is 12.2. The number of benzene rings is 1. The van der Waals surface area contributed by atoms with Crippen LogP contribution in [0.2, 0.25) is 0 Å². The Bertz CT molecular complexity index is 535. The molecule has 1 aromatic carbocycles. The summed E-state index contributed by atoms with van der Waals surface area (Å²) in [5, 5.41) is 0. The van der Waals surface area contributed by atoms with Crippen molar-refractivity contribution in [3.05, 3.63) is 57.5 Å². The first kappa shape index (κ1) is 9.04. The topological polar surface area (TPSA) is 17.1 Å². The van der Waals surface area contributed by atoms with E-state index in [1.807, 2.05) is 18.2 Å². The van der Waals surface area contributed by atoms with Crippen LogP contribution < -0.4 is 0 Å². The molecule has 0 fully saturated rings. The Morgan fingerprint density at radius 2 is 2.07 bits per heavy atom. The Kier molecular flexibility index (Phi) is 2.06. The summed E-state index contributed by atoms with van der Waals surface area (Å²) in [6.45, 7) is 0. The predicted molar refractivity (Wildman–Crippen MR) is 62.5 cm³/mol. The zero-order valence-electron chi connectivity index (χ0n) is 8.16. The van der Waals surface area contributed by atoms with Gasteiger partial charge in [-0.05, 0) is 0 Å². The van der Waals surface area contributed by atoms with Crippen LogP contribution in [0.4, 0.5) is 0 Å². The van der Waals surface area contributed by atoms with E-state index in [9.17, 15) is 4.79 Å². The third-order valence-electron chi connectivity index (χ3n) is 2.81. The summed E-state index contributed by atoms with van der Waals surface area (Å²) in [6.07, 6.45) is 5.13. The van der Waals surface area contributed by atoms with E-state index in [1.165, 1.54) is 11.1 Å². The van der Waals surface area contributed by atoms with E-state index in [1.54, 1.807) is 0 Å². The van der Waals surface area contributed by atoms with Gasteiger partial charge in [-0.2, -0.15) is 0 Å². The Morgan fingerprint density at radius 3 is 3.00 bits per heavy atom. The van der Waals surface area contributed by atoms with E-state index in [0.29, 0.717) is 0 Å². The molecular formula is C13H9GeO. The molecule has 1 heterocycles. The number of carbonyl (C=O) groups excluding carboxylic acids is 1. The molecule has 2 heteroatoms. The molecule has 71 valence electrons. The second-order valence-electron chi connectivity index (χ2n) is 3.73. The normalized spacial score (nSPS) is 17.7. The second kappa shape index (κ2) is 3.42. The van der Waals surface area contributed by atoms with Gasteiger partial charge in [0.05, 0.1) is 0 Å². The monoisotopic (exact) mass is 255 g/mol. The van der Waals surface area contributed by atoms with Crippen LogP contribution in [0.5, 0.6) is 0 Å². The van der Waals surface area contributed by atoms with Gasteiger partial charge >= 0.3 is 94.4 Å². The Balaban J connectivity index is 2.20. The maximum atomic E-state index is 12.2. The molecule has 0 atom stereocenters. The third-order valence-corrected chi connectivity index (χ3v) is 5.32. The van der Waals surface area contributed by atoms with Crippen molar-refractivity contribution in [2.24, 2.45) is 0 Å². The van der Waals surface area contributed by atoms with Crippen LogP contribution in [0.3, 0.4) is 0 Å². The van der Waals surface area contributed by atoms with E-state index in [0.717, 1.165) is 16.4 Å². The quantitative estimate of drug-likeness (QED) is 0.644. The van der Waals surface area contributed by atoms with Gasteiger partial charge in [-0.15, -0.1) is 0 Å². The molecule has 1 radical (unpaired) electrons. The van der Waals surface area contributed by atoms with Crippen molar-refractivity contribution >= 4 is 25.6 Å². The molecule has 0 saturated carbocycles. The molecule has 0 N–H and O–H groups in total. The van der Waals surface area contributed by atoms with Gasteiger partial charge < -0.3 is 0 Å². The molecule has 3 rings (SSSR count). The molecule has 0 unspecified atom stereocenters. The molecule has 1 nitrogen and oxygen atoms in total. The van der Waals surface area contributed by atoms with Crippen molar-refractivity contribution < 1.29 is 4.79 Å². The van der Waals surface area contributed by atoms with Crippen LogP contribution >= 0.6 is 0 Å². The Labute approximate surface area is 94.5 Å². The molecular weight excluding hydrogens is 245 g/mol. The van der Waals surface area contributed by atoms with Gasteiger partial charge in [0, 0.05) is 0 Å². The number of fused-ring (bicyclic) bond motifs is 1. The second-order valence-corrected chi connectivity index (χ2v) is 6.09. The fourth-order valence-corrected chi connectivity index (χ4v) is 4.13. The summed E-state index contributed by atoms with van der Waals surface area (Å²) in [5.41, 5.74) is 3.35. The SMILES string of the molecule is O=C1[C]2=C(C=C[CH]=[Ge]2)Cc2ccccc21. The van der Waals surface area contributed by atoms with Gasteiger partial charge in [0.25, 0.3) is 0 Å². The number of rotatable bonds is 0. The summed E-state index contributed by atoms with van der Waals surface area (Å²) >= 11 is -0.329. The van der Waals surface area contributed by atoms with Crippen LogP contribution in [-0.4, -0.2) is 25.6 Å². The van der Waals surface area contributed by atoms with Gasteiger partial charge in [0.15, 0.2) is 0 Å². The van der Waals surface area contributed by atoms with Gasteiger partial charge in [-0.1, -0.05) is 0 Å². The van der Waals surface area contributed by atoms with Gasteiger partial charge in [0.1, 0.15) is 0 Å².